The molecule has 26 heavy (non-hydrogen) atoms. The van der Waals surface area contributed by atoms with Crippen LogP contribution in [0.1, 0.15) is 26.3 Å². The Balaban J connectivity index is 1.87. The average molecular weight is 356 g/mol. The van der Waals surface area contributed by atoms with Gasteiger partial charge in [0.05, 0.1) is 7.11 Å². The van der Waals surface area contributed by atoms with Crippen molar-refractivity contribution in [2.75, 3.05) is 25.1 Å². The second kappa shape index (κ2) is 9.70. The Bertz CT molecular complexity index is 697. The fourth-order valence-corrected chi connectivity index (χ4v) is 2.68. The summed E-state index contributed by atoms with van der Waals surface area (Å²) >= 11 is 0. The molecule has 0 radical (unpaired) electrons. The zero-order valence-electron chi connectivity index (χ0n) is 16.0. The van der Waals surface area contributed by atoms with Crippen LogP contribution < -0.4 is 19.7 Å². The third-order valence-corrected chi connectivity index (χ3v) is 4.25. The lowest BCUT2D eigenvalue weighted by Crippen LogP contribution is -2.35. The van der Waals surface area contributed by atoms with Crippen molar-refractivity contribution < 1.29 is 14.3 Å². The summed E-state index contributed by atoms with van der Waals surface area (Å²) in [4.78, 5) is 14.6. The maximum Gasteiger partial charge on any atom is 0.261 e. The number of hydrogen-bond acceptors (Lipinski definition) is 4. The molecule has 2 aromatic carbocycles. The molecular formula is C21H28N2O3. The molecule has 0 heterocycles. The van der Waals surface area contributed by atoms with E-state index in [1.165, 1.54) is 5.69 Å². The minimum Gasteiger partial charge on any atom is -0.497 e. The third-order valence-electron chi connectivity index (χ3n) is 4.25. The average Bonchev–Trinajstić information content (AvgIpc) is 2.68. The van der Waals surface area contributed by atoms with Crippen LogP contribution in [0.5, 0.6) is 11.5 Å². The van der Waals surface area contributed by atoms with E-state index in [1.807, 2.05) is 24.3 Å². The number of hydrogen-bond donors (Lipinski definition) is 1. The van der Waals surface area contributed by atoms with Crippen LogP contribution in [0.15, 0.2) is 48.5 Å². The largest absolute Gasteiger partial charge is 0.497 e. The van der Waals surface area contributed by atoms with Gasteiger partial charge in [0.2, 0.25) is 0 Å². The maximum absolute atomic E-state index is 12.3. The highest BCUT2D eigenvalue weighted by Crippen LogP contribution is 2.20. The van der Waals surface area contributed by atoms with E-state index in [0.29, 0.717) is 18.0 Å². The van der Waals surface area contributed by atoms with Crippen LogP contribution in [0, 0.1) is 0 Å². The molecule has 2 aromatic rings. The lowest BCUT2D eigenvalue weighted by molar-refractivity contribution is -0.127. The van der Waals surface area contributed by atoms with Gasteiger partial charge in [0.15, 0.2) is 6.10 Å². The monoisotopic (exact) mass is 356 g/mol. The lowest BCUT2D eigenvalue weighted by atomic mass is 10.2. The molecule has 1 N–H and O–H groups in total. The fourth-order valence-electron chi connectivity index (χ4n) is 2.68. The molecule has 0 aromatic heterocycles. The molecule has 0 saturated carbocycles. The first-order valence-corrected chi connectivity index (χ1v) is 8.99. The molecule has 2 rings (SSSR count). The highest BCUT2D eigenvalue weighted by Gasteiger charge is 2.14. The number of nitrogens with one attached hydrogen (secondary N) is 1. The molecule has 0 spiro atoms. The van der Waals surface area contributed by atoms with Crippen LogP contribution in [0.2, 0.25) is 0 Å². The van der Waals surface area contributed by atoms with Crippen molar-refractivity contribution in [3.63, 3.8) is 0 Å². The van der Waals surface area contributed by atoms with Gasteiger partial charge in [0, 0.05) is 31.4 Å². The SMILES string of the molecule is CCN(CC)c1ccc(CNC(=O)C(C)Oc2cccc(OC)c2)cc1. The van der Waals surface area contributed by atoms with Crippen LogP contribution >= 0.6 is 0 Å². The van der Waals surface area contributed by atoms with E-state index in [1.54, 1.807) is 26.2 Å². The summed E-state index contributed by atoms with van der Waals surface area (Å²) in [6.07, 6.45) is -0.586. The number of amides is 1. The van der Waals surface area contributed by atoms with Crippen molar-refractivity contribution in [3.8, 4) is 11.5 Å². The molecule has 1 amide bonds. The fraction of sp³-hybridized carbons (Fsp3) is 0.381. The summed E-state index contributed by atoms with van der Waals surface area (Å²) in [5.41, 5.74) is 2.25. The highest BCUT2D eigenvalue weighted by atomic mass is 16.5. The normalized spacial score (nSPS) is 11.5. The molecule has 5 nitrogen and oxygen atoms in total. The Labute approximate surface area is 155 Å². The van der Waals surface area contributed by atoms with Gasteiger partial charge >= 0.3 is 0 Å². The van der Waals surface area contributed by atoms with Crippen LogP contribution in [0.25, 0.3) is 0 Å². The molecule has 0 fully saturated rings. The molecule has 0 saturated heterocycles. The molecule has 0 bridgehead atoms. The van der Waals surface area contributed by atoms with Gasteiger partial charge in [-0.3, -0.25) is 4.79 Å². The Morgan fingerprint density at radius 1 is 1.08 bits per heavy atom. The summed E-state index contributed by atoms with van der Waals surface area (Å²) in [5, 5.41) is 2.92. The van der Waals surface area contributed by atoms with E-state index in [2.05, 4.69) is 36.2 Å². The van der Waals surface area contributed by atoms with E-state index >= 15 is 0 Å². The van der Waals surface area contributed by atoms with E-state index in [9.17, 15) is 4.79 Å². The van der Waals surface area contributed by atoms with Crippen LogP contribution in [0.3, 0.4) is 0 Å². The molecule has 0 aliphatic carbocycles. The number of nitrogens with zero attached hydrogens (tertiary/aromatic N) is 1. The summed E-state index contributed by atoms with van der Waals surface area (Å²) in [7, 11) is 1.60. The van der Waals surface area contributed by atoms with Crippen molar-refractivity contribution in [1.82, 2.24) is 5.32 Å². The number of ether oxygens (including phenoxy) is 2. The minimum absolute atomic E-state index is 0.152. The van der Waals surface area contributed by atoms with E-state index in [-0.39, 0.29) is 5.91 Å². The maximum atomic E-state index is 12.3. The minimum atomic E-state index is -0.586. The summed E-state index contributed by atoms with van der Waals surface area (Å²) in [6.45, 7) is 8.45. The second-order valence-corrected chi connectivity index (χ2v) is 6.00. The molecule has 140 valence electrons. The van der Waals surface area contributed by atoms with Crippen LogP contribution in [0.4, 0.5) is 5.69 Å². The number of benzene rings is 2. The van der Waals surface area contributed by atoms with Gasteiger partial charge in [-0.25, -0.2) is 0 Å². The summed E-state index contributed by atoms with van der Waals surface area (Å²) in [6, 6.07) is 15.5. The van der Waals surface area contributed by atoms with Crippen molar-refractivity contribution in [2.45, 2.75) is 33.4 Å². The van der Waals surface area contributed by atoms with Crippen molar-refractivity contribution in [1.29, 1.82) is 0 Å². The van der Waals surface area contributed by atoms with Gasteiger partial charge in [-0.15, -0.1) is 0 Å². The third kappa shape index (κ3) is 5.41. The van der Waals surface area contributed by atoms with E-state index < -0.39 is 6.10 Å². The Hall–Kier alpha value is -2.69. The van der Waals surface area contributed by atoms with Crippen molar-refractivity contribution in [3.05, 3.63) is 54.1 Å². The quantitative estimate of drug-likeness (QED) is 0.745. The molecule has 0 aliphatic heterocycles. The standard InChI is InChI=1S/C21H28N2O3/c1-5-23(6-2)18-12-10-17(11-13-18)15-22-21(24)16(3)26-20-9-7-8-19(14-20)25-4/h7-14,16H,5-6,15H2,1-4H3,(H,22,24). The van der Waals surface area contributed by atoms with Gasteiger partial charge in [-0.2, -0.15) is 0 Å². The number of carbonyl (C=O) groups excluding carboxylic acids is 1. The first-order valence-electron chi connectivity index (χ1n) is 8.99. The molecular weight excluding hydrogens is 328 g/mol. The molecule has 5 heteroatoms. The topological polar surface area (TPSA) is 50.8 Å². The van der Waals surface area contributed by atoms with E-state index in [4.69, 9.17) is 9.47 Å². The van der Waals surface area contributed by atoms with Gasteiger partial charge in [-0.1, -0.05) is 18.2 Å². The Kier molecular flexibility index (Phi) is 7.33. The number of methoxy groups -OCH3 is 1. The Morgan fingerprint density at radius 2 is 1.73 bits per heavy atom. The number of carbonyl (C=O) groups is 1. The summed E-state index contributed by atoms with van der Waals surface area (Å²) < 4.78 is 10.8. The zero-order valence-corrected chi connectivity index (χ0v) is 16.0. The highest BCUT2D eigenvalue weighted by molar-refractivity contribution is 5.80. The van der Waals surface area contributed by atoms with Crippen LogP contribution in [-0.2, 0) is 11.3 Å². The van der Waals surface area contributed by atoms with Gasteiger partial charge in [-0.05, 0) is 50.6 Å². The molecule has 0 aliphatic rings. The second-order valence-electron chi connectivity index (χ2n) is 6.00. The van der Waals surface area contributed by atoms with Crippen molar-refractivity contribution >= 4 is 11.6 Å². The first kappa shape index (κ1) is 19.6. The number of rotatable bonds is 9. The number of anilines is 1. The Morgan fingerprint density at radius 3 is 2.35 bits per heavy atom. The summed E-state index contributed by atoms with van der Waals surface area (Å²) in [5.74, 6) is 1.15. The van der Waals surface area contributed by atoms with Crippen molar-refractivity contribution in [2.24, 2.45) is 0 Å². The lowest BCUT2D eigenvalue weighted by Gasteiger charge is -2.21. The predicted octanol–water partition coefficient (Wildman–Crippen LogP) is 3.63. The van der Waals surface area contributed by atoms with Gasteiger partial charge in [0.1, 0.15) is 11.5 Å². The first-order chi connectivity index (χ1) is 12.6. The van der Waals surface area contributed by atoms with E-state index in [0.717, 1.165) is 18.7 Å². The molecule has 1 unspecified atom stereocenters. The zero-order chi connectivity index (χ0) is 18.9. The molecule has 1 atom stereocenters. The van der Waals surface area contributed by atoms with Gasteiger partial charge < -0.3 is 19.7 Å². The van der Waals surface area contributed by atoms with Gasteiger partial charge in [0.25, 0.3) is 5.91 Å². The smallest absolute Gasteiger partial charge is 0.261 e. The predicted molar refractivity (Wildman–Crippen MR) is 105 cm³/mol. The van der Waals surface area contributed by atoms with Crippen LogP contribution in [-0.4, -0.2) is 32.2 Å².